The highest BCUT2D eigenvalue weighted by Crippen LogP contribution is 2.28. The van der Waals surface area contributed by atoms with E-state index < -0.39 is 0 Å². The average molecular weight is 274 g/mol. The van der Waals surface area contributed by atoms with Gasteiger partial charge in [-0.2, -0.15) is 0 Å². The Labute approximate surface area is 116 Å². The number of hydrogen-bond donors (Lipinski definition) is 3. The fourth-order valence-electron chi connectivity index (χ4n) is 2.35. The molecule has 20 heavy (non-hydrogen) atoms. The Morgan fingerprint density at radius 2 is 2.30 bits per heavy atom. The van der Waals surface area contributed by atoms with Crippen molar-refractivity contribution >= 4 is 22.6 Å². The van der Waals surface area contributed by atoms with Crippen LogP contribution in [0.3, 0.4) is 0 Å². The lowest BCUT2D eigenvalue weighted by Crippen LogP contribution is -2.28. The van der Waals surface area contributed by atoms with Gasteiger partial charge in [0.05, 0.1) is 11.0 Å². The van der Waals surface area contributed by atoms with Gasteiger partial charge in [0, 0.05) is 24.7 Å². The number of nitrogen functional groups attached to an aromatic ring is 1. The molecule has 0 saturated heterocycles. The highest BCUT2D eigenvalue weighted by molar-refractivity contribution is 5.81. The Balaban J connectivity index is 1.76. The standard InChI is InChI=1S/C14H18N4O2/c15-10-3-4-12-11(7-10)17-13(8-19)18(12)6-5-16-14(20)9-1-2-9/h3-4,7,9,19H,1-2,5-6,8,15H2,(H,16,20). The first-order valence-corrected chi connectivity index (χ1v) is 6.82. The molecule has 1 amide bonds. The number of anilines is 1. The zero-order valence-electron chi connectivity index (χ0n) is 11.2. The zero-order chi connectivity index (χ0) is 14.1. The number of nitrogens with two attached hydrogens (primary N) is 1. The number of benzene rings is 1. The first-order valence-electron chi connectivity index (χ1n) is 6.82. The van der Waals surface area contributed by atoms with Gasteiger partial charge in [0.15, 0.2) is 0 Å². The van der Waals surface area contributed by atoms with Gasteiger partial charge < -0.3 is 20.7 Å². The van der Waals surface area contributed by atoms with Crippen molar-refractivity contribution in [1.82, 2.24) is 14.9 Å². The lowest BCUT2D eigenvalue weighted by atomic mass is 10.3. The summed E-state index contributed by atoms with van der Waals surface area (Å²) in [4.78, 5) is 16.0. The predicted molar refractivity (Wildman–Crippen MR) is 75.8 cm³/mol. The third-order valence-electron chi connectivity index (χ3n) is 3.58. The van der Waals surface area contributed by atoms with E-state index in [1.54, 1.807) is 6.07 Å². The number of carbonyl (C=O) groups is 1. The normalized spacial score (nSPS) is 14.7. The number of hydrogen-bond acceptors (Lipinski definition) is 4. The largest absolute Gasteiger partial charge is 0.399 e. The van der Waals surface area contributed by atoms with Gasteiger partial charge in [0.1, 0.15) is 12.4 Å². The minimum atomic E-state index is -0.134. The number of nitrogens with one attached hydrogen (secondary N) is 1. The number of amides is 1. The molecule has 2 aromatic rings. The van der Waals surface area contributed by atoms with Crippen LogP contribution in [-0.4, -0.2) is 27.1 Å². The third kappa shape index (κ3) is 2.46. The van der Waals surface area contributed by atoms with E-state index in [1.165, 1.54) is 0 Å². The molecule has 0 atom stereocenters. The van der Waals surface area contributed by atoms with Gasteiger partial charge in [-0.15, -0.1) is 0 Å². The van der Waals surface area contributed by atoms with Gasteiger partial charge in [-0.25, -0.2) is 4.98 Å². The Bertz CT molecular complexity index is 646. The van der Waals surface area contributed by atoms with Gasteiger partial charge in [-0.3, -0.25) is 4.79 Å². The van der Waals surface area contributed by atoms with Crippen LogP contribution < -0.4 is 11.1 Å². The molecule has 6 nitrogen and oxygen atoms in total. The number of aliphatic hydroxyl groups excluding tert-OH is 1. The van der Waals surface area contributed by atoms with E-state index in [-0.39, 0.29) is 18.4 Å². The molecular weight excluding hydrogens is 256 g/mol. The number of aliphatic hydroxyl groups is 1. The van der Waals surface area contributed by atoms with Crippen LogP contribution >= 0.6 is 0 Å². The molecule has 4 N–H and O–H groups in total. The van der Waals surface area contributed by atoms with Crippen LogP contribution in [0.25, 0.3) is 11.0 Å². The minimum absolute atomic E-state index is 0.129. The Hall–Kier alpha value is -2.08. The molecule has 0 bridgehead atoms. The molecule has 0 aliphatic heterocycles. The van der Waals surface area contributed by atoms with Crippen LogP contribution in [-0.2, 0) is 17.9 Å². The van der Waals surface area contributed by atoms with Crippen LogP contribution in [0.5, 0.6) is 0 Å². The van der Waals surface area contributed by atoms with Gasteiger partial charge >= 0.3 is 0 Å². The molecule has 6 heteroatoms. The second kappa shape index (κ2) is 5.13. The van der Waals surface area contributed by atoms with Crippen molar-refractivity contribution in [3.05, 3.63) is 24.0 Å². The summed E-state index contributed by atoms with van der Waals surface area (Å²) in [5.41, 5.74) is 8.07. The molecule has 1 aromatic heterocycles. The molecule has 1 saturated carbocycles. The summed E-state index contributed by atoms with van der Waals surface area (Å²) in [5.74, 6) is 0.933. The Morgan fingerprint density at radius 3 is 3.00 bits per heavy atom. The first-order chi connectivity index (χ1) is 9.69. The molecule has 1 aliphatic carbocycles. The van der Waals surface area contributed by atoms with E-state index in [9.17, 15) is 9.90 Å². The number of rotatable bonds is 5. The maximum atomic E-state index is 11.6. The van der Waals surface area contributed by atoms with Crippen LogP contribution in [0.4, 0.5) is 5.69 Å². The molecule has 3 rings (SSSR count). The molecule has 0 spiro atoms. The molecule has 0 unspecified atom stereocenters. The fraction of sp³-hybridized carbons (Fsp3) is 0.429. The summed E-state index contributed by atoms with van der Waals surface area (Å²) in [6.07, 6.45) is 2.00. The topological polar surface area (TPSA) is 93.2 Å². The van der Waals surface area contributed by atoms with E-state index in [1.807, 2.05) is 16.7 Å². The summed E-state index contributed by atoms with van der Waals surface area (Å²) in [6, 6.07) is 5.48. The van der Waals surface area contributed by atoms with Crippen LogP contribution in [0, 0.1) is 5.92 Å². The Kier molecular flexibility index (Phi) is 3.31. The summed E-state index contributed by atoms with van der Waals surface area (Å²) in [6.45, 7) is 0.998. The Morgan fingerprint density at radius 1 is 1.50 bits per heavy atom. The van der Waals surface area contributed by atoms with E-state index >= 15 is 0 Å². The summed E-state index contributed by atoms with van der Waals surface area (Å²) >= 11 is 0. The molecule has 1 fully saturated rings. The molecule has 1 aromatic carbocycles. The number of carbonyl (C=O) groups excluding carboxylic acids is 1. The van der Waals surface area contributed by atoms with Crippen molar-refractivity contribution in [2.75, 3.05) is 12.3 Å². The monoisotopic (exact) mass is 274 g/mol. The maximum absolute atomic E-state index is 11.6. The van der Waals surface area contributed by atoms with E-state index in [0.29, 0.717) is 24.6 Å². The van der Waals surface area contributed by atoms with Crippen LogP contribution in [0.1, 0.15) is 18.7 Å². The second-order valence-corrected chi connectivity index (χ2v) is 5.15. The SMILES string of the molecule is Nc1ccc2c(c1)nc(CO)n2CCNC(=O)C1CC1. The quantitative estimate of drug-likeness (QED) is 0.697. The molecule has 1 aliphatic rings. The summed E-state index contributed by atoms with van der Waals surface area (Å²) < 4.78 is 1.92. The number of imidazole rings is 1. The predicted octanol–water partition coefficient (Wildman–Crippen LogP) is 0.637. The van der Waals surface area contributed by atoms with Crippen molar-refractivity contribution in [1.29, 1.82) is 0 Å². The molecule has 0 radical (unpaired) electrons. The second-order valence-electron chi connectivity index (χ2n) is 5.15. The van der Waals surface area contributed by atoms with Crippen molar-refractivity contribution < 1.29 is 9.90 Å². The van der Waals surface area contributed by atoms with Crippen LogP contribution in [0.2, 0.25) is 0 Å². The molecule has 106 valence electrons. The lowest BCUT2D eigenvalue weighted by Gasteiger charge is -2.09. The smallest absolute Gasteiger partial charge is 0.223 e. The highest BCUT2D eigenvalue weighted by atomic mass is 16.3. The summed E-state index contributed by atoms with van der Waals surface area (Å²) in [5, 5.41) is 12.3. The number of fused-ring (bicyclic) bond motifs is 1. The highest BCUT2D eigenvalue weighted by Gasteiger charge is 2.29. The summed E-state index contributed by atoms with van der Waals surface area (Å²) in [7, 11) is 0. The first kappa shape index (κ1) is 12.9. The van der Waals surface area contributed by atoms with Crippen LogP contribution in [0.15, 0.2) is 18.2 Å². The van der Waals surface area contributed by atoms with E-state index in [0.717, 1.165) is 23.9 Å². The van der Waals surface area contributed by atoms with Gasteiger partial charge in [-0.1, -0.05) is 0 Å². The molecule has 1 heterocycles. The van der Waals surface area contributed by atoms with Crippen molar-refractivity contribution in [2.24, 2.45) is 5.92 Å². The van der Waals surface area contributed by atoms with Crippen molar-refractivity contribution in [3.63, 3.8) is 0 Å². The average Bonchev–Trinajstić information content (AvgIpc) is 3.22. The third-order valence-corrected chi connectivity index (χ3v) is 3.58. The lowest BCUT2D eigenvalue weighted by molar-refractivity contribution is -0.122. The van der Waals surface area contributed by atoms with Crippen molar-refractivity contribution in [3.8, 4) is 0 Å². The zero-order valence-corrected chi connectivity index (χ0v) is 11.2. The number of nitrogens with zero attached hydrogens (tertiary/aromatic N) is 2. The van der Waals surface area contributed by atoms with Gasteiger partial charge in [0.2, 0.25) is 5.91 Å². The van der Waals surface area contributed by atoms with E-state index in [4.69, 9.17) is 5.73 Å². The van der Waals surface area contributed by atoms with Crippen molar-refractivity contribution in [2.45, 2.75) is 26.0 Å². The number of aromatic nitrogens is 2. The van der Waals surface area contributed by atoms with Gasteiger partial charge in [-0.05, 0) is 31.0 Å². The van der Waals surface area contributed by atoms with E-state index in [2.05, 4.69) is 10.3 Å². The molecular formula is C14H18N4O2. The minimum Gasteiger partial charge on any atom is -0.399 e. The maximum Gasteiger partial charge on any atom is 0.223 e. The fourth-order valence-corrected chi connectivity index (χ4v) is 2.35. The van der Waals surface area contributed by atoms with Gasteiger partial charge in [0.25, 0.3) is 0 Å².